The second-order valence-electron chi connectivity index (χ2n) is 5.49. The van der Waals surface area contributed by atoms with Gasteiger partial charge in [0.1, 0.15) is 5.56 Å². The summed E-state index contributed by atoms with van der Waals surface area (Å²) in [6, 6.07) is 0. The van der Waals surface area contributed by atoms with Crippen LogP contribution in [0.3, 0.4) is 0 Å². The zero-order valence-electron chi connectivity index (χ0n) is 12.2. The fourth-order valence-electron chi connectivity index (χ4n) is 2.18. The highest BCUT2D eigenvalue weighted by Gasteiger charge is 2.22. The van der Waals surface area contributed by atoms with Crippen LogP contribution in [0.5, 0.6) is 0 Å². The minimum absolute atomic E-state index is 0.296. The number of hydrogen-bond donors (Lipinski definition) is 1. The van der Waals surface area contributed by atoms with Crippen LogP contribution >= 0.6 is 0 Å². The molecular formula is C15H25NO3. The third kappa shape index (κ3) is 5.05. The van der Waals surface area contributed by atoms with Crippen molar-refractivity contribution in [3.8, 4) is 0 Å². The van der Waals surface area contributed by atoms with Crippen molar-refractivity contribution < 1.29 is 14.4 Å². The molecule has 0 atom stereocenters. The van der Waals surface area contributed by atoms with Gasteiger partial charge in [0.05, 0.1) is 5.69 Å². The first-order valence-electron chi connectivity index (χ1n) is 7.27. The van der Waals surface area contributed by atoms with Gasteiger partial charge < -0.3 is 9.63 Å². The molecule has 1 aromatic heterocycles. The number of carboxylic acids is 1. The van der Waals surface area contributed by atoms with Crippen LogP contribution in [0.1, 0.15) is 74.7 Å². The molecular weight excluding hydrogens is 242 g/mol. The van der Waals surface area contributed by atoms with Crippen molar-refractivity contribution in [2.24, 2.45) is 5.92 Å². The minimum Gasteiger partial charge on any atom is -0.477 e. The van der Waals surface area contributed by atoms with Crippen LogP contribution in [0.25, 0.3) is 0 Å². The van der Waals surface area contributed by atoms with Gasteiger partial charge in [0.25, 0.3) is 0 Å². The average Bonchev–Trinajstić information content (AvgIpc) is 2.71. The number of carboxylic acid groups (broad SMARTS) is 1. The van der Waals surface area contributed by atoms with E-state index in [2.05, 4.69) is 12.1 Å². The van der Waals surface area contributed by atoms with Crippen molar-refractivity contribution in [2.75, 3.05) is 0 Å². The maximum absolute atomic E-state index is 11.3. The Balaban J connectivity index is 2.62. The van der Waals surface area contributed by atoms with Gasteiger partial charge in [0.15, 0.2) is 5.76 Å². The van der Waals surface area contributed by atoms with Crippen LogP contribution in [0.4, 0.5) is 0 Å². The highest BCUT2D eigenvalue weighted by Crippen LogP contribution is 2.20. The molecule has 0 saturated carbocycles. The molecule has 1 heterocycles. The van der Waals surface area contributed by atoms with Crippen molar-refractivity contribution in [3.63, 3.8) is 0 Å². The summed E-state index contributed by atoms with van der Waals surface area (Å²) < 4.78 is 5.22. The summed E-state index contributed by atoms with van der Waals surface area (Å²) in [5.74, 6) is -0.0324. The van der Waals surface area contributed by atoms with E-state index in [0.29, 0.717) is 35.8 Å². The van der Waals surface area contributed by atoms with E-state index in [-0.39, 0.29) is 0 Å². The molecule has 19 heavy (non-hydrogen) atoms. The van der Waals surface area contributed by atoms with E-state index in [9.17, 15) is 9.90 Å². The standard InChI is InChI=1S/C15H25NO3/c1-4-5-6-7-8-9-12-14(15(17)18)13(19-16-12)10-11(2)3/h11H,4-10H2,1-3H3,(H,17,18). The zero-order chi connectivity index (χ0) is 14.3. The second kappa shape index (κ2) is 7.97. The van der Waals surface area contributed by atoms with E-state index in [1.165, 1.54) is 19.3 Å². The number of carbonyl (C=O) groups is 1. The maximum atomic E-state index is 11.3. The van der Waals surface area contributed by atoms with Gasteiger partial charge in [-0.05, 0) is 18.8 Å². The molecule has 0 aliphatic carbocycles. The number of aromatic nitrogens is 1. The van der Waals surface area contributed by atoms with E-state index in [4.69, 9.17) is 4.52 Å². The summed E-state index contributed by atoms with van der Waals surface area (Å²) in [5, 5.41) is 13.2. The van der Waals surface area contributed by atoms with Crippen molar-refractivity contribution in [3.05, 3.63) is 17.0 Å². The van der Waals surface area contributed by atoms with Crippen LogP contribution < -0.4 is 0 Å². The predicted molar refractivity (Wildman–Crippen MR) is 74.5 cm³/mol. The fourth-order valence-corrected chi connectivity index (χ4v) is 2.18. The van der Waals surface area contributed by atoms with E-state index in [1.54, 1.807) is 0 Å². The summed E-state index contributed by atoms with van der Waals surface area (Å²) in [6.45, 7) is 6.26. The lowest BCUT2D eigenvalue weighted by atomic mass is 10.0. The van der Waals surface area contributed by atoms with Crippen molar-refractivity contribution in [2.45, 2.75) is 65.7 Å². The Morgan fingerprint density at radius 3 is 2.53 bits per heavy atom. The van der Waals surface area contributed by atoms with Crippen molar-refractivity contribution in [1.82, 2.24) is 5.16 Å². The third-order valence-corrected chi connectivity index (χ3v) is 3.16. The lowest BCUT2D eigenvalue weighted by Gasteiger charge is -2.02. The molecule has 0 aliphatic rings. The van der Waals surface area contributed by atoms with Gasteiger partial charge in [-0.25, -0.2) is 4.79 Å². The first kappa shape index (κ1) is 15.7. The second-order valence-corrected chi connectivity index (χ2v) is 5.49. The molecule has 0 bridgehead atoms. The Kier molecular flexibility index (Phi) is 6.60. The van der Waals surface area contributed by atoms with E-state index < -0.39 is 5.97 Å². The Bertz CT molecular complexity index is 396. The van der Waals surface area contributed by atoms with Crippen LogP contribution in [-0.2, 0) is 12.8 Å². The topological polar surface area (TPSA) is 63.3 Å². The molecule has 1 rings (SSSR count). The van der Waals surface area contributed by atoms with Crippen LogP contribution in [-0.4, -0.2) is 16.2 Å². The van der Waals surface area contributed by atoms with E-state index in [1.807, 2.05) is 13.8 Å². The van der Waals surface area contributed by atoms with Gasteiger partial charge in [-0.3, -0.25) is 0 Å². The summed E-state index contributed by atoms with van der Waals surface area (Å²) >= 11 is 0. The Hall–Kier alpha value is -1.32. The lowest BCUT2D eigenvalue weighted by molar-refractivity contribution is 0.0693. The summed E-state index contributed by atoms with van der Waals surface area (Å²) in [7, 11) is 0. The maximum Gasteiger partial charge on any atom is 0.341 e. The van der Waals surface area contributed by atoms with Gasteiger partial charge in [0, 0.05) is 6.42 Å². The van der Waals surface area contributed by atoms with Gasteiger partial charge >= 0.3 is 5.97 Å². The first-order valence-corrected chi connectivity index (χ1v) is 7.27. The number of unbranched alkanes of at least 4 members (excludes halogenated alkanes) is 4. The molecule has 0 fully saturated rings. The normalized spacial score (nSPS) is 11.2. The number of nitrogens with zero attached hydrogens (tertiary/aromatic N) is 1. The average molecular weight is 267 g/mol. The molecule has 0 aromatic carbocycles. The van der Waals surface area contributed by atoms with Crippen molar-refractivity contribution >= 4 is 5.97 Å². The quantitative estimate of drug-likeness (QED) is 0.685. The SMILES string of the molecule is CCCCCCCc1noc(CC(C)C)c1C(=O)O. The Morgan fingerprint density at radius 1 is 1.26 bits per heavy atom. The molecule has 0 unspecified atom stereocenters. The van der Waals surface area contributed by atoms with Gasteiger partial charge in [0.2, 0.25) is 0 Å². The highest BCUT2D eigenvalue weighted by atomic mass is 16.5. The van der Waals surface area contributed by atoms with Gasteiger partial charge in [-0.2, -0.15) is 0 Å². The number of rotatable bonds is 9. The molecule has 1 aromatic rings. The minimum atomic E-state index is -0.916. The molecule has 0 radical (unpaired) electrons. The number of hydrogen-bond acceptors (Lipinski definition) is 3. The van der Waals surface area contributed by atoms with Gasteiger partial charge in [-0.15, -0.1) is 0 Å². The molecule has 0 saturated heterocycles. The molecule has 0 spiro atoms. The van der Waals surface area contributed by atoms with E-state index in [0.717, 1.165) is 12.8 Å². The fraction of sp³-hybridized carbons (Fsp3) is 0.733. The Labute approximate surface area is 115 Å². The number of aryl methyl sites for hydroxylation is 1. The lowest BCUT2D eigenvalue weighted by Crippen LogP contribution is -2.05. The van der Waals surface area contributed by atoms with E-state index >= 15 is 0 Å². The predicted octanol–water partition coefficient (Wildman–Crippen LogP) is 4.08. The molecule has 4 nitrogen and oxygen atoms in total. The smallest absolute Gasteiger partial charge is 0.341 e. The zero-order valence-corrected chi connectivity index (χ0v) is 12.2. The summed E-state index contributed by atoms with van der Waals surface area (Å²) in [4.78, 5) is 11.3. The highest BCUT2D eigenvalue weighted by molar-refractivity contribution is 5.89. The molecule has 0 amide bonds. The number of aromatic carboxylic acids is 1. The third-order valence-electron chi connectivity index (χ3n) is 3.16. The van der Waals surface area contributed by atoms with Crippen molar-refractivity contribution in [1.29, 1.82) is 0 Å². The molecule has 108 valence electrons. The summed E-state index contributed by atoms with van der Waals surface area (Å²) in [6.07, 6.45) is 7.09. The largest absolute Gasteiger partial charge is 0.477 e. The van der Waals surface area contributed by atoms with Crippen LogP contribution in [0.15, 0.2) is 4.52 Å². The molecule has 4 heteroatoms. The monoisotopic (exact) mass is 267 g/mol. The molecule has 0 aliphatic heterocycles. The first-order chi connectivity index (χ1) is 9.06. The Morgan fingerprint density at radius 2 is 1.95 bits per heavy atom. The van der Waals surface area contributed by atoms with Gasteiger partial charge in [-0.1, -0.05) is 51.6 Å². The molecule has 1 N–H and O–H groups in total. The van der Waals surface area contributed by atoms with Crippen LogP contribution in [0, 0.1) is 5.92 Å². The summed E-state index contributed by atoms with van der Waals surface area (Å²) in [5.41, 5.74) is 0.906. The van der Waals surface area contributed by atoms with Crippen LogP contribution in [0.2, 0.25) is 0 Å².